The van der Waals surface area contributed by atoms with Gasteiger partial charge in [-0.15, -0.1) is 0 Å². The molecular formula is C12H21N3O. The minimum Gasteiger partial charge on any atom is -0.399 e. The maximum atomic E-state index is 9.11. The van der Waals surface area contributed by atoms with Gasteiger partial charge in [0, 0.05) is 30.5 Å². The van der Waals surface area contributed by atoms with Crippen LogP contribution in [-0.4, -0.2) is 29.3 Å². The van der Waals surface area contributed by atoms with Gasteiger partial charge in [0.05, 0.1) is 6.61 Å². The number of hydrogen-bond acceptors (Lipinski definition) is 4. The first-order valence-electron chi connectivity index (χ1n) is 5.81. The SMILES string of the molecule is CCC(CC)N(CCO)c1cc(N)ccn1. The van der Waals surface area contributed by atoms with Gasteiger partial charge in [-0.2, -0.15) is 0 Å². The quantitative estimate of drug-likeness (QED) is 0.769. The Bertz CT molecular complexity index is 313. The van der Waals surface area contributed by atoms with E-state index in [1.165, 1.54) is 0 Å². The second kappa shape index (κ2) is 6.33. The zero-order valence-corrected chi connectivity index (χ0v) is 10.1. The highest BCUT2D eigenvalue weighted by Crippen LogP contribution is 2.19. The molecule has 1 rings (SSSR count). The van der Waals surface area contributed by atoms with E-state index >= 15 is 0 Å². The maximum Gasteiger partial charge on any atom is 0.130 e. The average molecular weight is 223 g/mol. The van der Waals surface area contributed by atoms with Crippen molar-refractivity contribution in [3.8, 4) is 0 Å². The van der Waals surface area contributed by atoms with Gasteiger partial charge < -0.3 is 15.7 Å². The van der Waals surface area contributed by atoms with Crippen molar-refractivity contribution in [1.82, 2.24) is 4.98 Å². The molecule has 0 saturated carbocycles. The van der Waals surface area contributed by atoms with Crippen LogP contribution in [0.1, 0.15) is 26.7 Å². The number of aliphatic hydroxyl groups is 1. The summed E-state index contributed by atoms with van der Waals surface area (Å²) in [7, 11) is 0. The van der Waals surface area contributed by atoms with Crippen molar-refractivity contribution in [2.45, 2.75) is 32.7 Å². The molecule has 0 amide bonds. The Balaban J connectivity index is 2.91. The monoisotopic (exact) mass is 223 g/mol. The van der Waals surface area contributed by atoms with E-state index in [1.54, 1.807) is 12.3 Å². The Kier molecular flexibility index (Phi) is 5.05. The molecule has 1 aromatic rings. The number of hydrogen-bond donors (Lipinski definition) is 2. The third-order valence-corrected chi connectivity index (χ3v) is 2.79. The molecule has 0 atom stereocenters. The van der Waals surface area contributed by atoms with Crippen LogP contribution < -0.4 is 10.6 Å². The van der Waals surface area contributed by atoms with E-state index in [0.717, 1.165) is 18.7 Å². The average Bonchev–Trinajstić information content (AvgIpc) is 2.29. The molecule has 3 N–H and O–H groups in total. The molecule has 0 aliphatic carbocycles. The van der Waals surface area contributed by atoms with Gasteiger partial charge in [-0.25, -0.2) is 4.98 Å². The summed E-state index contributed by atoms with van der Waals surface area (Å²) in [6.07, 6.45) is 3.78. The third kappa shape index (κ3) is 3.10. The van der Waals surface area contributed by atoms with E-state index in [1.807, 2.05) is 6.07 Å². The number of nitrogens with two attached hydrogens (primary N) is 1. The van der Waals surface area contributed by atoms with Crippen LogP contribution in [0.25, 0.3) is 0 Å². The lowest BCUT2D eigenvalue weighted by atomic mass is 10.1. The molecule has 16 heavy (non-hydrogen) atoms. The molecule has 90 valence electrons. The molecule has 1 heterocycles. The second-order valence-corrected chi connectivity index (χ2v) is 3.83. The Morgan fingerprint density at radius 2 is 2.12 bits per heavy atom. The van der Waals surface area contributed by atoms with Gasteiger partial charge in [0.1, 0.15) is 5.82 Å². The van der Waals surface area contributed by atoms with Crippen LogP contribution in [0.5, 0.6) is 0 Å². The molecule has 0 unspecified atom stereocenters. The van der Waals surface area contributed by atoms with E-state index in [9.17, 15) is 0 Å². The van der Waals surface area contributed by atoms with E-state index in [2.05, 4.69) is 23.7 Å². The highest BCUT2D eigenvalue weighted by molar-refractivity contribution is 5.50. The van der Waals surface area contributed by atoms with E-state index in [4.69, 9.17) is 10.8 Å². The largest absolute Gasteiger partial charge is 0.399 e. The van der Waals surface area contributed by atoms with Crippen LogP contribution in [0.4, 0.5) is 11.5 Å². The molecule has 0 aliphatic rings. The molecule has 4 heteroatoms. The predicted molar refractivity (Wildman–Crippen MR) is 67.5 cm³/mol. The van der Waals surface area contributed by atoms with Crippen LogP contribution in [0, 0.1) is 0 Å². The molecule has 0 saturated heterocycles. The lowest BCUT2D eigenvalue weighted by molar-refractivity contribution is 0.295. The summed E-state index contributed by atoms with van der Waals surface area (Å²) < 4.78 is 0. The molecule has 0 bridgehead atoms. The Morgan fingerprint density at radius 3 is 2.62 bits per heavy atom. The fourth-order valence-electron chi connectivity index (χ4n) is 1.91. The molecule has 0 radical (unpaired) electrons. The topological polar surface area (TPSA) is 62.4 Å². The van der Waals surface area contributed by atoms with Gasteiger partial charge in [-0.3, -0.25) is 0 Å². The minimum atomic E-state index is 0.132. The summed E-state index contributed by atoms with van der Waals surface area (Å²) in [5.74, 6) is 0.850. The Labute approximate surface area is 97.1 Å². The number of aromatic nitrogens is 1. The van der Waals surface area contributed by atoms with Crippen LogP contribution >= 0.6 is 0 Å². The first-order valence-corrected chi connectivity index (χ1v) is 5.81. The van der Waals surface area contributed by atoms with Crippen LogP contribution in [0.2, 0.25) is 0 Å². The number of nitrogen functional groups attached to an aromatic ring is 1. The van der Waals surface area contributed by atoms with Crippen molar-refractivity contribution >= 4 is 11.5 Å². The minimum absolute atomic E-state index is 0.132. The zero-order chi connectivity index (χ0) is 12.0. The number of nitrogens with zero attached hydrogens (tertiary/aromatic N) is 2. The molecule has 0 aromatic carbocycles. The number of aliphatic hydroxyl groups excluding tert-OH is 1. The van der Waals surface area contributed by atoms with Gasteiger partial charge in [0.15, 0.2) is 0 Å². The van der Waals surface area contributed by atoms with Crippen LogP contribution in [-0.2, 0) is 0 Å². The number of anilines is 2. The van der Waals surface area contributed by atoms with Crippen molar-refractivity contribution in [3.63, 3.8) is 0 Å². The normalized spacial score (nSPS) is 10.8. The van der Waals surface area contributed by atoms with Gasteiger partial charge in [-0.1, -0.05) is 13.8 Å². The summed E-state index contributed by atoms with van der Waals surface area (Å²) in [5.41, 5.74) is 6.45. The van der Waals surface area contributed by atoms with Gasteiger partial charge in [-0.05, 0) is 18.9 Å². The Morgan fingerprint density at radius 1 is 1.44 bits per heavy atom. The fraction of sp³-hybridized carbons (Fsp3) is 0.583. The van der Waals surface area contributed by atoms with Crippen molar-refractivity contribution in [1.29, 1.82) is 0 Å². The summed E-state index contributed by atoms with van der Waals surface area (Å²) in [4.78, 5) is 6.43. The molecule has 1 aromatic heterocycles. The molecular weight excluding hydrogens is 202 g/mol. The number of pyridine rings is 1. The fourth-order valence-corrected chi connectivity index (χ4v) is 1.91. The summed E-state index contributed by atoms with van der Waals surface area (Å²) in [5, 5.41) is 9.11. The van der Waals surface area contributed by atoms with E-state index < -0.39 is 0 Å². The van der Waals surface area contributed by atoms with Crippen molar-refractivity contribution in [2.75, 3.05) is 23.8 Å². The van der Waals surface area contributed by atoms with Crippen molar-refractivity contribution < 1.29 is 5.11 Å². The second-order valence-electron chi connectivity index (χ2n) is 3.83. The standard InChI is InChI=1S/C12H21N3O/c1-3-11(4-2)15(7-8-16)12-9-10(13)5-6-14-12/h5-6,9,11,16H,3-4,7-8H2,1-2H3,(H2,13,14). The van der Waals surface area contributed by atoms with Crippen molar-refractivity contribution in [3.05, 3.63) is 18.3 Å². The molecule has 0 aliphatic heterocycles. The first-order chi connectivity index (χ1) is 7.72. The van der Waals surface area contributed by atoms with E-state index in [-0.39, 0.29) is 6.61 Å². The van der Waals surface area contributed by atoms with Gasteiger partial charge >= 0.3 is 0 Å². The van der Waals surface area contributed by atoms with Crippen molar-refractivity contribution in [2.24, 2.45) is 0 Å². The van der Waals surface area contributed by atoms with Crippen LogP contribution in [0.15, 0.2) is 18.3 Å². The highest BCUT2D eigenvalue weighted by atomic mass is 16.3. The smallest absolute Gasteiger partial charge is 0.130 e. The first kappa shape index (κ1) is 12.8. The van der Waals surface area contributed by atoms with Gasteiger partial charge in [0.25, 0.3) is 0 Å². The maximum absolute atomic E-state index is 9.11. The summed E-state index contributed by atoms with van der Waals surface area (Å²) in [6, 6.07) is 4.03. The third-order valence-electron chi connectivity index (χ3n) is 2.79. The molecule has 4 nitrogen and oxygen atoms in total. The van der Waals surface area contributed by atoms with E-state index in [0.29, 0.717) is 18.3 Å². The summed E-state index contributed by atoms with van der Waals surface area (Å²) >= 11 is 0. The Hall–Kier alpha value is -1.29. The predicted octanol–water partition coefficient (Wildman–Crippen LogP) is 1.65. The van der Waals surface area contributed by atoms with Crippen LogP contribution in [0.3, 0.4) is 0 Å². The lowest BCUT2D eigenvalue weighted by Gasteiger charge is -2.31. The van der Waals surface area contributed by atoms with Gasteiger partial charge in [0.2, 0.25) is 0 Å². The highest BCUT2D eigenvalue weighted by Gasteiger charge is 2.16. The lowest BCUT2D eigenvalue weighted by Crippen LogP contribution is -2.37. The molecule has 0 fully saturated rings. The zero-order valence-electron chi connectivity index (χ0n) is 10.1. The number of rotatable bonds is 6. The summed E-state index contributed by atoms with van der Waals surface area (Å²) in [6.45, 7) is 5.02. The molecule has 0 spiro atoms.